The molecule has 1 aromatic carbocycles. The second kappa shape index (κ2) is 9.20. The van der Waals surface area contributed by atoms with Crippen molar-refractivity contribution in [3.8, 4) is 0 Å². The first-order valence-electron chi connectivity index (χ1n) is 10.7. The standard InChI is InChI=1S/C22H35N5/c1-23-9-5-10-24-13-17-6-4-11-27(15-17)16-18-12-20-19-7-2-3-8-21(19)26-22(20)14-25-18/h2-3,7-8,17-18,23-26H,4-6,9-16H2,1H3. The molecule has 0 radical (unpaired) electrons. The molecule has 4 N–H and O–H groups in total. The van der Waals surface area contributed by atoms with Crippen LogP contribution >= 0.6 is 0 Å². The summed E-state index contributed by atoms with van der Waals surface area (Å²) in [6, 6.07) is 9.31. The van der Waals surface area contributed by atoms with Crippen LogP contribution in [0.3, 0.4) is 0 Å². The van der Waals surface area contributed by atoms with Crippen molar-refractivity contribution >= 4 is 10.9 Å². The average Bonchev–Trinajstić information content (AvgIpc) is 3.06. The third-order valence-electron chi connectivity index (χ3n) is 6.22. The maximum Gasteiger partial charge on any atom is 0.0459 e. The summed E-state index contributed by atoms with van der Waals surface area (Å²) in [6.07, 6.45) is 5.07. The summed E-state index contributed by atoms with van der Waals surface area (Å²) in [5.74, 6) is 0.806. The highest BCUT2D eigenvalue weighted by molar-refractivity contribution is 5.84. The van der Waals surface area contributed by atoms with Crippen LogP contribution in [0.15, 0.2) is 24.3 Å². The van der Waals surface area contributed by atoms with Crippen LogP contribution in [0, 0.1) is 5.92 Å². The van der Waals surface area contributed by atoms with E-state index in [1.54, 1.807) is 0 Å². The average molecular weight is 370 g/mol. The molecule has 2 aliphatic heterocycles. The van der Waals surface area contributed by atoms with Gasteiger partial charge in [0.15, 0.2) is 0 Å². The van der Waals surface area contributed by atoms with Gasteiger partial charge in [0.1, 0.15) is 0 Å². The van der Waals surface area contributed by atoms with Crippen LogP contribution in [0.2, 0.25) is 0 Å². The largest absolute Gasteiger partial charge is 0.357 e. The molecule has 1 aromatic heterocycles. The lowest BCUT2D eigenvalue weighted by atomic mass is 9.95. The number of piperidine rings is 1. The highest BCUT2D eigenvalue weighted by atomic mass is 15.2. The number of likely N-dealkylation sites (tertiary alicyclic amines) is 1. The number of H-pyrrole nitrogens is 1. The van der Waals surface area contributed by atoms with Crippen LogP contribution in [0.25, 0.3) is 10.9 Å². The van der Waals surface area contributed by atoms with Gasteiger partial charge >= 0.3 is 0 Å². The predicted molar refractivity (Wildman–Crippen MR) is 113 cm³/mol. The van der Waals surface area contributed by atoms with Gasteiger partial charge in [-0.3, -0.25) is 0 Å². The van der Waals surface area contributed by atoms with E-state index in [0.717, 1.165) is 32.0 Å². The summed E-state index contributed by atoms with van der Waals surface area (Å²) in [7, 11) is 2.03. The number of aromatic amines is 1. The first kappa shape index (κ1) is 18.9. The number of rotatable bonds is 8. The molecular formula is C22H35N5. The second-order valence-electron chi connectivity index (χ2n) is 8.34. The predicted octanol–water partition coefficient (Wildman–Crippen LogP) is 2.09. The van der Waals surface area contributed by atoms with Gasteiger partial charge in [0.25, 0.3) is 0 Å². The molecule has 0 bridgehead atoms. The fourth-order valence-electron chi connectivity index (χ4n) is 4.83. The minimum absolute atomic E-state index is 0.569. The monoisotopic (exact) mass is 369 g/mol. The van der Waals surface area contributed by atoms with Crippen molar-refractivity contribution in [2.75, 3.05) is 46.3 Å². The smallest absolute Gasteiger partial charge is 0.0459 e. The number of para-hydroxylation sites is 1. The van der Waals surface area contributed by atoms with Crippen molar-refractivity contribution in [3.05, 3.63) is 35.5 Å². The maximum atomic E-state index is 3.77. The van der Waals surface area contributed by atoms with Crippen molar-refractivity contribution in [1.82, 2.24) is 25.8 Å². The fraction of sp³-hybridized carbons (Fsp3) is 0.636. The van der Waals surface area contributed by atoms with Gasteiger partial charge < -0.3 is 25.8 Å². The number of aromatic nitrogens is 1. The lowest BCUT2D eigenvalue weighted by Gasteiger charge is -2.36. The zero-order valence-electron chi connectivity index (χ0n) is 16.7. The molecule has 2 unspecified atom stereocenters. The molecule has 1 fully saturated rings. The third kappa shape index (κ3) is 4.72. The molecule has 2 aliphatic rings. The molecule has 27 heavy (non-hydrogen) atoms. The van der Waals surface area contributed by atoms with Crippen molar-refractivity contribution in [2.45, 2.75) is 38.3 Å². The van der Waals surface area contributed by atoms with E-state index in [1.165, 1.54) is 67.6 Å². The van der Waals surface area contributed by atoms with Gasteiger partial charge in [0.05, 0.1) is 0 Å². The summed E-state index contributed by atoms with van der Waals surface area (Å²) >= 11 is 0. The first-order valence-corrected chi connectivity index (χ1v) is 10.7. The topological polar surface area (TPSA) is 55.1 Å². The third-order valence-corrected chi connectivity index (χ3v) is 6.22. The Hall–Kier alpha value is -1.40. The number of nitrogens with one attached hydrogen (secondary N) is 4. The van der Waals surface area contributed by atoms with Gasteiger partial charge in [-0.2, -0.15) is 0 Å². The van der Waals surface area contributed by atoms with Crippen LogP contribution in [-0.4, -0.2) is 62.2 Å². The Kier molecular flexibility index (Phi) is 6.45. The molecule has 0 aliphatic carbocycles. The summed E-state index contributed by atoms with van der Waals surface area (Å²) < 4.78 is 0. The van der Waals surface area contributed by atoms with E-state index in [4.69, 9.17) is 0 Å². The Bertz CT molecular complexity index is 725. The van der Waals surface area contributed by atoms with E-state index in [0.29, 0.717) is 6.04 Å². The Balaban J connectivity index is 1.28. The van der Waals surface area contributed by atoms with E-state index in [1.807, 2.05) is 7.05 Å². The lowest BCUT2D eigenvalue weighted by Crippen LogP contribution is -2.48. The zero-order valence-corrected chi connectivity index (χ0v) is 16.7. The fourth-order valence-corrected chi connectivity index (χ4v) is 4.83. The van der Waals surface area contributed by atoms with Crippen molar-refractivity contribution < 1.29 is 0 Å². The number of benzene rings is 1. The summed E-state index contributed by atoms with van der Waals surface area (Å²) in [5.41, 5.74) is 4.20. The van der Waals surface area contributed by atoms with Gasteiger partial charge in [-0.1, -0.05) is 18.2 Å². The highest BCUT2D eigenvalue weighted by Gasteiger charge is 2.26. The van der Waals surface area contributed by atoms with E-state index >= 15 is 0 Å². The molecular weight excluding hydrogens is 334 g/mol. The molecule has 4 rings (SSSR count). The molecule has 148 valence electrons. The van der Waals surface area contributed by atoms with Crippen LogP contribution in [0.5, 0.6) is 0 Å². The van der Waals surface area contributed by atoms with Crippen LogP contribution in [0.1, 0.15) is 30.5 Å². The van der Waals surface area contributed by atoms with Crippen molar-refractivity contribution in [1.29, 1.82) is 0 Å². The maximum absolute atomic E-state index is 3.77. The molecule has 2 aromatic rings. The number of hydrogen-bond acceptors (Lipinski definition) is 4. The molecule has 0 spiro atoms. The molecule has 3 heterocycles. The van der Waals surface area contributed by atoms with E-state index < -0.39 is 0 Å². The van der Waals surface area contributed by atoms with Crippen molar-refractivity contribution in [2.24, 2.45) is 5.92 Å². The molecule has 0 saturated carbocycles. The molecule has 5 heteroatoms. The number of hydrogen-bond donors (Lipinski definition) is 4. The Morgan fingerprint density at radius 2 is 2.15 bits per heavy atom. The van der Waals surface area contributed by atoms with E-state index in [2.05, 4.69) is 50.1 Å². The Morgan fingerprint density at radius 3 is 3.07 bits per heavy atom. The molecule has 0 amide bonds. The summed E-state index contributed by atoms with van der Waals surface area (Å²) in [4.78, 5) is 6.29. The van der Waals surface area contributed by atoms with Crippen LogP contribution < -0.4 is 16.0 Å². The van der Waals surface area contributed by atoms with Gasteiger partial charge in [0, 0.05) is 42.3 Å². The van der Waals surface area contributed by atoms with Crippen molar-refractivity contribution in [3.63, 3.8) is 0 Å². The normalized spacial score (nSPS) is 23.6. The van der Waals surface area contributed by atoms with Crippen LogP contribution in [0.4, 0.5) is 0 Å². The number of fused-ring (bicyclic) bond motifs is 3. The molecule has 2 atom stereocenters. The highest BCUT2D eigenvalue weighted by Crippen LogP contribution is 2.27. The lowest BCUT2D eigenvalue weighted by molar-refractivity contribution is 0.155. The minimum Gasteiger partial charge on any atom is -0.357 e. The van der Waals surface area contributed by atoms with Gasteiger partial charge in [0.2, 0.25) is 0 Å². The van der Waals surface area contributed by atoms with Gasteiger partial charge in [-0.15, -0.1) is 0 Å². The van der Waals surface area contributed by atoms with Gasteiger partial charge in [-0.25, -0.2) is 0 Å². The zero-order chi connectivity index (χ0) is 18.5. The van der Waals surface area contributed by atoms with E-state index in [-0.39, 0.29) is 0 Å². The summed E-state index contributed by atoms with van der Waals surface area (Å²) in [6.45, 7) is 8.06. The van der Waals surface area contributed by atoms with Gasteiger partial charge in [-0.05, 0) is 76.5 Å². The number of nitrogens with zero attached hydrogens (tertiary/aromatic N) is 1. The Labute approximate surface area is 163 Å². The SMILES string of the molecule is CNCCCNCC1CCCN(CC2Cc3c([nH]c4ccccc34)CN2)C1. The quantitative estimate of drug-likeness (QED) is 0.538. The minimum atomic E-state index is 0.569. The summed E-state index contributed by atoms with van der Waals surface area (Å²) in [5, 5.41) is 12.1. The molecule has 1 saturated heterocycles. The van der Waals surface area contributed by atoms with Crippen LogP contribution in [-0.2, 0) is 13.0 Å². The second-order valence-corrected chi connectivity index (χ2v) is 8.34. The van der Waals surface area contributed by atoms with E-state index in [9.17, 15) is 0 Å². The first-order chi connectivity index (χ1) is 13.3. The Morgan fingerprint density at radius 1 is 1.22 bits per heavy atom. The molecule has 5 nitrogen and oxygen atoms in total.